The molecule has 2 rings (SSSR count). The van der Waals surface area contributed by atoms with Gasteiger partial charge in [0, 0.05) is 17.5 Å². The molecule has 9 heteroatoms. The highest BCUT2D eigenvalue weighted by atomic mass is 35.5. The number of nitrogens with zero attached hydrogens (tertiary/aromatic N) is 2. The predicted octanol–water partition coefficient (Wildman–Crippen LogP) is 5.12. The first-order valence-corrected chi connectivity index (χ1v) is 9.85. The summed E-state index contributed by atoms with van der Waals surface area (Å²) in [7, 11) is 0. The number of phenols is 1. The number of ether oxygens (including phenoxy) is 1. The molecule has 162 valence electrons. The van der Waals surface area contributed by atoms with Crippen LogP contribution in [-0.4, -0.2) is 22.4 Å². The molecule has 0 saturated carbocycles. The molecule has 0 spiro atoms. The maximum absolute atomic E-state index is 13.1. The Hall–Kier alpha value is -2.51. The Bertz CT molecular complexity index is 992. The number of ketones is 1. The zero-order valence-corrected chi connectivity index (χ0v) is 19.1. The molecule has 2 aromatic rings. The van der Waals surface area contributed by atoms with Crippen molar-refractivity contribution < 1.29 is 24.2 Å². The molecule has 1 aromatic heterocycles. The van der Waals surface area contributed by atoms with Crippen LogP contribution in [0.15, 0.2) is 35.6 Å². The van der Waals surface area contributed by atoms with E-state index in [-0.39, 0.29) is 32.9 Å². The number of benzene rings is 1. The zero-order valence-electron chi connectivity index (χ0n) is 17.6. The van der Waals surface area contributed by atoms with Gasteiger partial charge in [-0.25, -0.2) is 0 Å². The summed E-state index contributed by atoms with van der Waals surface area (Å²) in [4.78, 5) is 18.6. The molecular formula is C21H24Cl2N2O5. The average Bonchev–Trinajstić information content (AvgIpc) is 2.59. The predicted molar refractivity (Wildman–Crippen MR) is 115 cm³/mol. The summed E-state index contributed by atoms with van der Waals surface area (Å²) in [5.41, 5.74) is -1.70. The van der Waals surface area contributed by atoms with Gasteiger partial charge in [-0.3, -0.25) is 4.79 Å². The van der Waals surface area contributed by atoms with Gasteiger partial charge in [-0.05, 0) is 32.9 Å². The number of rotatable bonds is 4. The smallest absolute Gasteiger partial charge is 0.308 e. The van der Waals surface area contributed by atoms with Gasteiger partial charge in [0.05, 0.1) is 15.6 Å². The largest absolute Gasteiger partial charge is 0.618 e. The summed E-state index contributed by atoms with van der Waals surface area (Å²) in [6, 6.07) is 5.21. The summed E-state index contributed by atoms with van der Waals surface area (Å²) < 4.78 is 6.22. The van der Waals surface area contributed by atoms with Crippen LogP contribution >= 0.6 is 23.2 Å². The van der Waals surface area contributed by atoms with Crippen LogP contribution in [0.4, 0.5) is 0 Å². The van der Waals surface area contributed by atoms with E-state index >= 15 is 0 Å². The highest BCUT2D eigenvalue weighted by molar-refractivity contribution is 6.42. The van der Waals surface area contributed by atoms with Crippen LogP contribution in [-0.2, 0) is 4.84 Å². The molecular weight excluding hydrogens is 431 g/mol. The molecule has 1 aromatic carbocycles. The lowest BCUT2D eigenvalue weighted by atomic mass is 9.96. The maximum Gasteiger partial charge on any atom is 0.308 e. The normalized spacial score (nSPS) is 12.6. The van der Waals surface area contributed by atoms with E-state index < -0.39 is 22.5 Å². The van der Waals surface area contributed by atoms with Crippen LogP contribution in [0, 0.1) is 10.6 Å². The second kappa shape index (κ2) is 8.70. The first kappa shape index (κ1) is 23.8. The minimum Gasteiger partial charge on any atom is -0.618 e. The minimum absolute atomic E-state index is 0.0471. The molecule has 0 unspecified atom stereocenters. The van der Waals surface area contributed by atoms with Crippen LogP contribution in [0.1, 0.15) is 57.6 Å². The van der Waals surface area contributed by atoms with Crippen molar-refractivity contribution in [3.05, 3.63) is 57.0 Å². The number of phenolic OH excluding ortho intramolecular Hbond substituents is 1. The molecule has 30 heavy (non-hydrogen) atoms. The van der Waals surface area contributed by atoms with Gasteiger partial charge >= 0.3 is 5.69 Å². The van der Waals surface area contributed by atoms with Crippen LogP contribution in [0.3, 0.4) is 0 Å². The second-order valence-electron chi connectivity index (χ2n) is 8.61. The number of halogens is 2. The van der Waals surface area contributed by atoms with Crippen molar-refractivity contribution in [1.82, 2.24) is 0 Å². The number of aromatic hydroxyl groups is 1. The fourth-order valence-electron chi connectivity index (χ4n) is 2.20. The standard InChI is InChI=1S/C21H24Cl2N2O5/c1-20(2,3)19(24-30-21(4,5)6)29-16-8-7-9-25(28)17(16)18(27)12-10-13(22)14(23)11-15(12)26/h7-11,26H,1-6H3/b24-19-. The fourth-order valence-corrected chi connectivity index (χ4v) is 2.52. The van der Waals surface area contributed by atoms with Gasteiger partial charge in [-0.1, -0.05) is 49.1 Å². The number of pyridine rings is 1. The van der Waals surface area contributed by atoms with E-state index in [0.29, 0.717) is 4.73 Å². The molecule has 0 aliphatic heterocycles. The lowest BCUT2D eigenvalue weighted by Gasteiger charge is -2.23. The highest BCUT2D eigenvalue weighted by Crippen LogP contribution is 2.32. The number of hydrogen-bond donors (Lipinski definition) is 1. The number of carbonyl (C=O) groups excluding carboxylic acids is 1. The van der Waals surface area contributed by atoms with E-state index in [1.54, 1.807) is 0 Å². The van der Waals surface area contributed by atoms with E-state index in [4.69, 9.17) is 32.8 Å². The highest BCUT2D eigenvalue weighted by Gasteiger charge is 2.31. The Balaban J connectivity index is 2.55. The Morgan fingerprint density at radius 3 is 2.30 bits per heavy atom. The van der Waals surface area contributed by atoms with E-state index in [0.717, 1.165) is 12.3 Å². The van der Waals surface area contributed by atoms with Crippen molar-refractivity contribution in [3.8, 4) is 11.5 Å². The minimum atomic E-state index is -0.790. The van der Waals surface area contributed by atoms with Gasteiger partial charge in [0.25, 0.3) is 5.78 Å². The first-order chi connectivity index (χ1) is 13.7. The monoisotopic (exact) mass is 454 g/mol. The Morgan fingerprint density at radius 2 is 1.73 bits per heavy atom. The van der Waals surface area contributed by atoms with Crippen molar-refractivity contribution in [3.63, 3.8) is 0 Å². The number of carbonyl (C=O) groups is 1. The van der Waals surface area contributed by atoms with Gasteiger partial charge in [0.2, 0.25) is 11.6 Å². The summed E-state index contributed by atoms with van der Waals surface area (Å²) in [5, 5.41) is 26.9. The van der Waals surface area contributed by atoms with Crippen LogP contribution < -0.4 is 9.47 Å². The van der Waals surface area contributed by atoms with Crippen molar-refractivity contribution in [2.75, 3.05) is 0 Å². The summed E-state index contributed by atoms with van der Waals surface area (Å²) in [6.07, 6.45) is 1.15. The topological polar surface area (TPSA) is 95.1 Å². The number of hydrogen-bond acceptors (Lipinski definition) is 6. The number of oxime groups is 1. The van der Waals surface area contributed by atoms with Gasteiger partial charge in [-0.15, -0.1) is 0 Å². The lowest BCUT2D eigenvalue weighted by Crippen LogP contribution is -2.37. The summed E-state index contributed by atoms with van der Waals surface area (Å²) in [6.45, 7) is 11.0. The summed E-state index contributed by atoms with van der Waals surface area (Å²) >= 11 is 11.8. The number of aromatic nitrogens is 1. The third-order valence-electron chi connectivity index (χ3n) is 3.67. The molecule has 1 heterocycles. The SMILES string of the molecule is CC(C)(C)O/N=C(\Oc1ccc[n+]([O-])c1C(=O)c1cc(Cl)c(Cl)cc1O)C(C)(C)C. The molecule has 0 aliphatic rings. The van der Waals surface area contributed by atoms with E-state index in [9.17, 15) is 15.1 Å². The molecule has 0 amide bonds. The summed E-state index contributed by atoms with van der Waals surface area (Å²) in [5.74, 6) is -1.09. The van der Waals surface area contributed by atoms with Gasteiger partial charge in [0.15, 0.2) is 6.20 Å². The van der Waals surface area contributed by atoms with E-state index in [1.165, 1.54) is 18.2 Å². The van der Waals surface area contributed by atoms with E-state index in [1.807, 2.05) is 41.5 Å². The molecule has 0 saturated heterocycles. The van der Waals surface area contributed by atoms with Gasteiger partial charge in [-0.2, -0.15) is 4.73 Å². The molecule has 0 bridgehead atoms. The third-order valence-corrected chi connectivity index (χ3v) is 4.39. The average molecular weight is 455 g/mol. The van der Waals surface area contributed by atoms with Crippen molar-refractivity contribution in [2.24, 2.45) is 10.6 Å². The Morgan fingerprint density at radius 1 is 1.13 bits per heavy atom. The molecule has 0 radical (unpaired) electrons. The molecule has 1 N–H and O–H groups in total. The van der Waals surface area contributed by atoms with Gasteiger partial charge in [0.1, 0.15) is 11.4 Å². The molecule has 0 aliphatic carbocycles. The van der Waals surface area contributed by atoms with Gasteiger partial charge < -0.3 is 19.9 Å². The molecule has 7 nitrogen and oxygen atoms in total. The molecule has 0 fully saturated rings. The van der Waals surface area contributed by atoms with Crippen LogP contribution in [0.5, 0.6) is 11.5 Å². The van der Waals surface area contributed by atoms with Crippen LogP contribution in [0.2, 0.25) is 10.0 Å². The quantitative estimate of drug-likeness (QED) is 0.173. The Kier molecular flexibility index (Phi) is 6.89. The van der Waals surface area contributed by atoms with Crippen molar-refractivity contribution in [2.45, 2.75) is 47.1 Å². The fraction of sp³-hybridized carbons (Fsp3) is 0.381. The Labute approximate surface area is 185 Å². The second-order valence-corrected chi connectivity index (χ2v) is 9.43. The van der Waals surface area contributed by atoms with Crippen molar-refractivity contribution >= 4 is 34.9 Å². The molecule has 0 atom stereocenters. The third kappa shape index (κ3) is 5.77. The maximum atomic E-state index is 13.1. The zero-order chi connectivity index (χ0) is 22.9. The van der Waals surface area contributed by atoms with E-state index in [2.05, 4.69) is 5.16 Å². The lowest BCUT2D eigenvalue weighted by molar-refractivity contribution is -0.607. The first-order valence-electron chi connectivity index (χ1n) is 9.10. The van der Waals surface area contributed by atoms with Crippen LogP contribution in [0.25, 0.3) is 0 Å². The van der Waals surface area contributed by atoms with Crippen molar-refractivity contribution in [1.29, 1.82) is 0 Å².